The first-order chi connectivity index (χ1) is 27.6. The minimum absolute atomic E-state index is 0.0291. The fraction of sp³-hybridized carbons (Fsp3) is 0.694. The Labute approximate surface area is 349 Å². The van der Waals surface area contributed by atoms with Crippen molar-refractivity contribution < 1.29 is 38.2 Å². The predicted octanol–water partition coefficient (Wildman–Crippen LogP) is 11.0. The van der Waals surface area contributed by atoms with Crippen molar-refractivity contribution in [1.29, 1.82) is 0 Å². The van der Waals surface area contributed by atoms with Gasteiger partial charge in [-0.25, -0.2) is 0 Å². The first-order valence-electron chi connectivity index (χ1n) is 22.5. The minimum atomic E-state index is -1.13. The number of nitrogens with zero attached hydrogens (tertiary/aromatic N) is 1. The third-order valence-corrected chi connectivity index (χ3v) is 9.58. The van der Waals surface area contributed by atoms with Gasteiger partial charge < -0.3 is 28.6 Å². The topological polar surface area (TPSA) is 102 Å². The molecule has 0 aliphatic heterocycles. The van der Waals surface area contributed by atoms with Crippen molar-refractivity contribution in [2.45, 2.75) is 180 Å². The van der Waals surface area contributed by atoms with Gasteiger partial charge in [-0.1, -0.05) is 145 Å². The van der Waals surface area contributed by atoms with Gasteiger partial charge in [0.25, 0.3) is 0 Å². The summed E-state index contributed by atoms with van der Waals surface area (Å²) in [4.78, 5) is 36.8. The van der Waals surface area contributed by atoms with Gasteiger partial charge in [0.05, 0.1) is 40.3 Å². The van der Waals surface area contributed by atoms with Crippen LogP contribution in [0.1, 0.15) is 168 Å². The summed E-state index contributed by atoms with van der Waals surface area (Å²) in [6.07, 6.45) is 49.3. The van der Waals surface area contributed by atoms with Gasteiger partial charge in [0.1, 0.15) is 12.6 Å². The molecule has 2 unspecified atom stereocenters. The van der Waals surface area contributed by atoms with Crippen molar-refractivity contribution in [2.75, 3.05) is 41.0 Å². The van der Waals surface area contributed by atoms with Crippen molar-refractivity contribution in [3.63, 3.8) is 0 Å². The Kier molecular flexibility index (Phi) is 37.3. The van der Waals surface area contributed by atoms with Crippen LogP contribution >= 0.6 is 0 Å². The summed E-state index contributed by atoms with van der Waals surface area (Å²) >= 11 is 0. The summed E-state index contributed by atoms with van der Waals surface area (Å²) in [5.74, 6) is -1.78. The summed E-state index contributed by atoms with van der Waals surface area (Å²) in [6.45, 7) is 4.46. The van der Waals surface area contributed by atoms with E-state index in [-0.39, 0.29) is 42.7 Å². The monoisotopic (exact) mass is 798 g/mol. The van der Waals surface area contributed by atoms with Crippen LogP contribution in [0.3, 0.4) is 0 Å². The summed E-state index contributed by atoms with van der Waals surface area (Å²) in [7, 11) is 5.39. The second-order valence-corrected chi connectivity index (χ2v) is 15.9. The lowest BCUT2D eigenvalue weighted by molar-refractivity contribution is -0.889. The van der Waals surface area contributed by atoms with E-state index in [0.29, 0.717) is 12.8 Å². The first-order valence-corrected chi connectivity index (χ1v) is 22.5. The number of carboxylic acids is 1. The zero-order chi connectivity index (χ0) is 42.1. The van der Waals surface area contributed by atoms with E-state index in [1.54, 1.807) is 21.1 Å². The van der Waals surface area contributed by atoms with Gasteiger partial charge in [0.15, 0.2) is 6.10 Å². The Morgan fingerprint density at radius 2 is 0.982 bits per heavy atom. The number of likely N-dealkylation sites (N-methyl/N-ethyl adjacent to an activating group) is 1. The van der Waals surface area contributed by atoms with Crippen LogP contribution in [0, 0.1) is 0 Å². The maximum absolute atomic E-state index is 12.7. The van der Waals surface area contributed by atoms with E-state index < -0.39 is 18.1 Å². The summed E-state index contributed by atoms with van der Waals surface area (Å²) in [5, 5.41) is 11.6. The van der Waals surface area contributed by atoms with Gasteiger partial charge in [0.2, 0.25) is 0 Å². The third kappa shape index (κ3) is 38.1. The summed E-state index contributed by atoms with van der Waals surface area (Å²) in [5.41, 5.74) is 0. The Hall–Kier alpha value is -3.23. The zero-order valence-electron chi connectivity index (χ0n) is 37.0. The molecule has 2 atom stereocenters. The zero-order valence-corrected chi connectivity index (χ0v) is 37.0. The molecule has 0 radical (unpaired) electrons. The van der Waals surface area contributed by atoms with E-state index in [1.165, 1.54) is 32.1 Å². The molecule has 0 aliphatic rings. The van der Waals surface area contributed by atoms with Crippen molar-refractivity contribution in [3.8, 4) is 0 Å². The van der Waals surface area contributed by atoms with Crippen LogP contribution in [0.5, 0.6) is 0 Å². The minimum Gasteiger partial charge on any atom is -0.544 e. The van der Waals surface area contributed by atoms with Gasteiger partial charge in [-0.15, -0.1) is 0 Å². The predicted molar refractivity (Wildman–Crippen MR) is 235 cm³/mol. The van der Waals surface area contributed by atoms with Crippen LogP contribution in [-0.2, 0) is 28.6 Å². The molecule has 0 heterocycles. The molecule has 0 aromatic carbocycles. The van der Waals surface area contributed by atoms with Gasteiger partial charge in [-0.3, -0.25) is 9.59 Å². The van der Waals surface area contributed by atoms with E-state index in [1.807, 2.05) is 0 Å². The van der Waals surface area contributed by atoms with E-state index in [2.05, 4.69) is 86.8 Å². The SMILES string of the molecule is CC/C=C/C/C=C/C/C=C/C/C=C/C/C=C/CCCCCCCCCC(=O)OC(COCCC(C(=O)[O-])[N+](C)(C)C)COC(=O)CCCCCC/C=C/CCCC. The molecule has 0 bridgehead atoms. The summed E-state index contributed by atoms with van der Waals surface area (Å²) < 4.78 is 17.1. The highest BCUT2D eigenvalue weighted by atomic mass is 16.6. The number of esters is 2. The molecule has 0 rings (SSSR count). The molecule has 0 aliphatic carbocycles. The molecule has 57 heavy (non-hydrogen) atoms. The number of ether oxygens (including phenoxy) is 3. The molecule has 0 saturated carbocycles. The largest absolute Gasteiger partial charge is 0.544 e. The van der Waals surface area contributed by atoms with Gasteiger partial charge in [-0.05, 0) is 77.0 Å². The van der Waals surface area contributed by atoms with Crippen LogP contribution in [0.25, 0.3) is 0 Å². The van der Waals surface area contributed by atoms with Crippen LogP contribution in [0.15, 0.2) is 72.9 Å². The molecule has 326 valence electrons. The maximum atomic E-state index is 12.7. The molecule has 0 N–H and O–H groups in total. The number of hydrogen-bond acceptors (Lipinski definition) is 7. The second-order valence-electron chi connectivity index (χ2n) is 15.9. The van der Waals surface area contributed by atoms with Crippen LogP contribution < -0.4 is 5.11 Å². The summed E-state index contributed by atoms with van der Waals surface area (Å²) in [6, 6.07) is -0.732. The van der Waals surface area contributed by atoms with Gasteiger partial charge in [-0.2, -0.15) is 0 Å². The lowest BCUT2D eigenvalue weighted by Gasteiger charge is -2.34. The van der Waals surface area contributed by atoms with Crippen LogP contribution in [0.4, 0.5) is 0 Å². The Balaban J connectivity index is 4.30. The van der Waals surface area contributed by atoms with Crippen molar-refractivity contribution in [1.82, 2.24) is 0 Å². The Bertz CT molecular complexity index is 1160. The first kappa shape index (κ1) is 53.8. The van der Waals surface area contributed by atoms with Crippen LogP contribution in [0.2, 0.25) is 0 Å². The molecule has 0 fully saturated rings. The molecule has 0 saturated heterocycles. The third-order valence-electron chi connectivity index (χ3n) is 9.58. The molecule has 0 amide bonds. The highest BCUT2D eigenvalue weighted by molar-refractivity contribution is 5.70. The quantitative estimate of drug-likeness (QED) is 0.0264. The number of quaternary nitrogens is 1. The standard InChI is InChI=1S/C49H83NO7/c1-6-8-10-12-14-16-18-19-20-21-22-23-24-25-26-27-28-29-30-32-34-36-38-40-48(52)57-45(43-55-42-41-46(49(53)54)50(3,4)5)44-56-47(51)39-37-35-33-31-17-15-13-11-9-7-2/h8,10,13-16,19-20,22-23,25-26,45-46H,6-7,9,11-12,17-18,21,24,27-44H2,1-5H3/b10-8+,15-13+,16-14+,20-19+,23-22+,26-25+. The number of carboxylic acid groups (broad SMARTS) is 1. The smallest absolute Gasteiger partial charge is 0.306 e. The number of carbonyl (C=O) groups excluding carboxylic acids is 3. The van der Waals surface area contributed by atoms with E-state index >= 15 is 0 Å². The van der Waals surface area contributed by atoms with Crippen molar-refractivity contribution in [2.24, 2.45) is 0 Å². The molecular formula is C49H83NO7. The molecule has 8 nitrogen and oxygen atoms in total. The lowest BCUT2D eigenvalue weighted by atomic mass is 10.1. The van der Waals surface area contributed by atoms with Crippen LogP contribution in [-0.4, -0.2) is 75.5 Å². The fourth-order valence-electron chi connectivity index (χ4n) is 6.08. The number of rotatable bonds is 39. The number of carbonyl (C=O) groups is 3. The average molecular weight is 798 g/mol. The molecule has 8 heteroatoms. The average Bonchev–Trinajstić information content (AvgIpc) is 3.17. The molecule has 0 aromatic heterocycles. The van der Waals surface area contributed by atoms with E-state index in [4.69, 9.17) is 14.2 Å². The van der Waals surface area contributed by atoms with Crippen molar-refractivity contribution in [3.05, 3.63) is 72.9 Å². The number of hydrogen-bond donors (Lipinski definition) is 0. The number of unbranched alkanes of at least 4 members (excludes halogenated alkanes) is 13. The highest BCUT2D eigenvalue weighted by Gasteiger charge is 2.25. The second kappa shape index (κ2) is 39.6. The van der Waals surface area contributed by atoms with Crippen molar-refractivity contribution >= 4 is 17.9 Å². The molecule has 0 spiro atoms. The van der Waals surface area contributed by atoms with E-state index in [9.17, 15) is 19.5 Å². The Morgan fingerprint density at radius 1 is 0.544 bits per heavy atom. The normalized spacial score (nSPS) is 13.6. The van der Waals surface area contributed by atoms with Gasteiger partial charge >= 0.3 is 11.9 Å². The highest BCUT2D eigenvalue weighted by Crippen LogP contribution is 2.13. The number of allylic oxidation sites excluding steroid dienone is 12. The fourth-order valence-corrected chi connectivity index (χ4v) is 6.08. The molecular weight excluding hydrogens is 715 g/mol. The Morgan fingerprint density at radius 3 is 1.47 bits per heavy atom. The van der Waals surface area contributed by atoms with E-state index in [0.717, 1.165) is 103 Å². The lowest BCUT2D eigenvalue weighted by Crippen LogP contribution is -2.55. The molecule has 0 aromatic rings. The maximum Gasteiger partial charge on any atom is 0.306 e. The van der Waals surface area contributed by atoms with Gasteiger partial charge in [0, 0.05) is 19.3 Å². The number of aliphatic carboxylic acids is 1.